The topological polar surface area (TPSA) is 113 Å². The summed E-state index contributed by atoms with van der Waals surface area (Å²) in [5.74, 6) is -0.374. The predicted octanol–water partition coefficient (Wildman–Crippen LogP) is 9.40. The van der Waals surface area contributed by atoms with Gasteiger partial charge in [0, 0.05) is 22.2 Å². The van der Waals surface area contributed by atoms with Gasteiger partial charge in [-0.3, -0.25) is 0 Å². The number of carbonyl (C=O) groups excluding carboxylic acids is 1. The number of ether oxygens (including phenoxy) is 5. The van der Waals surface area contributed by atoms with Crippen LogP contribution in [0.4, 0.5) is 0 Å². The second-order valence-electron chi connectivity index (χ2n) is 9.58. The van der Waals surface area contributed by atoms with Gasteiger partial charge in [0.15, 0.2) is 23.9 Å². The third-order valence-electron chi connectivity index (χ3n) is 6.79. The van der Waals surface area contributed by atoms with Crippen molar-refractivity contribution in [2.75, 3.05) is 13.7 Å². The third kappa shape index (κ3) is 6.86. The van der Waals surface area contributed by atoms with Crippen molar-refractivity contribution in [3.63, 3.8) is 0 Å². The van der Waals surface area contributed by atoms with Crippen molar-refractivity contribution in [3.05, 3.63) is 119 Å². The Morgan fingerprint density at radius 2 is 1.59 bits per heavy atom. The number of hydrogen-bond acceptors (Lipinski definition) is 8. The maximum absolute atomic E-state index is 12.7. The lowest BCUT2D eigenvalue weighted by molar-refractivity contribution is -0.136. The van der Waals surface area contributed by atoms with E-state index < -0.39 is 18.5 Å². The maximum atomic E-state index is 12.7. The Balaban J connectivity index is 1.36. The number of fused-ring (bicyclic) bond motifs is 1. The number of nitriles is 1. The summed E-state index contributed by atoms with van der Waals surface area (Å²) in [5, 5.41) is 10.1. The van der Waals surface area contributed by atoms with Gasteiger partial charge in [-0.2, -0.15) is 5.26 Å². The summed E-state index contributed by atoms with van der Waals surface area (Å²) >= 11 is 36.7. The molecule has 46 heavy (non-hydrogen) atoms. The van der Waals surface area contributed by atoms with E-state index in [1.165, 1.54) is 19.2 Å². The Hall–Kier alpha value is -3.68. The zero-order valence-corrected chi connectivity index (χ0v) is 28.0. The lowest BCUT2D eigenvalue weighted by Crippen LogP contribution is -2.22. The lowest BCUT2D eigenvalue weighted by Gasteiger charge is -2.27. The van der Waals surface area contributed by atoms with Crippen molar-refractivity contribution >= 4 is 75.6 Å². The molecular formula is C32H20Cl6N2O6. The van der Waals surface area contributed by atoms with E-state index in [9.17, 15) is 10.1 Å². The molecule has 0 spiro atoms. The van der Waals surface area contributed by atoms with Gasteiger partial charge in [0.1, 0.15) is 39.8 Å². The van der Waals surface area contributed by atoms with Crippen molar-refractivity contribution in [3.8, 4) is 34.8 Å². The molecule has 1 aliphatic heterocycles. The first-order valence-electron chi connectivity index (χ1n) is 13.1. The standard InChI is InChI=1S/C32H20Cl6N2O6/c1-42-23-10-15(6-9-21(23)43-13-16-4-2-3-5-20(16)33)25-18-8-7-17(11-22(18)46-32(40)19(25)12-39)45-24(41)14-44-31-29(37)27(35)26(34)28(36)30(31)38/h2-11,25H,13-14,40H2,1H3. The SMILES string of the molecule is COc1cc(C2C(C#N)=C(N)Oc3cc(OC(=O)COc4c(Cl)c(Cl)c(Cl)c(Cl)c4Cl)ccc32)ccc1OCc1ccccc1Cl. The number of carbonyl (C=O) groups is 1. The Morgan fingerprint density at radius 1 is 0.891 bits per heavy atom. The molecule has 236 valence electrons. The molecule has 0 aliphatic carbocycles. The lowest BCUT2D eigenvalue weighted by atomic mass is 9.83. The third-order valence-corrected chi connectivity index (χ3v) is 9.40. The van der Waals surface area contributed by atoms with Crippen LogP contribution in [-0.2, 0) is 11.4 Å². The first-order chi connectivity index (χ1) is 22.0. The molecule has 14 heteroatoms. The van der Waals surface area contributed by atoms with Crippen LogP contribution in [0.15, 0.2) is 72.1 Å². The molecule has 1 heterocycles. The van der Waals surface area contributed by atoms with Gasteiger partial charge < -0.3 is 29.4 Å². The summed E-state index contributed by atoms with van der Waals surface area (Å²) in [4.78, 5) is 12.7. The molecule has 0 radical (unpaired) electrons. The van der Waals surface area contributed by atoms with Gasteiger partial charge >= 0.3 is 5.97 Å². The van der Waals surface area contributed by atoms with Gasteiger partial charge in [0.25, 0.3) is 0 Å². The van der Waals surface area contributed by atoms with Crippen LogP contribution in [0, 0.1) is 11.3 Å². The van der Waals surface area contributed by atoms with Gasteiger partial charge in [0.2, 0.25) is 5.88 Å². The van der Waals surface area contributed by atoms with E-state index in [1.54, 1.807) is 30.3 Å². The molecule has 8 nitrogen and oxygen atoms in total. The molecule has 4 aromatic rings. The zero-order valence-electron chi connectivity index (χ0n) is 23.5. The fourth-order valence-electron chi connectivity index (χ4n) is 4.60. The molecule has 0 saturated carbocycles. The minimum Gasteiger partial charge on any atom is -0.493 e. The fraction of sp³-hybridized carbons (Fsp3) is 0.125. The van der Waals surface area contributed by atoms with Crippen LogP contribution in [0.1, 0.15) is 22.6 Å². The number of nitrogens with zero attached hydrogens (tertiary/aromatic N) is 1. The molecule has 0 fully saturated rings. The fourth-order valence-corrected chi connectivity index (χ4v) is 6.02. The predicted molar refractivity (Wildman–Crippen MR) is 177 cm³/mol. The van der Waals surface area contributed by atoms with Crippen LogP contribution in [0.3, 0.4) is 0 Å². The van der Waals surface area contributed by atoms with Gasteiger partial charge in [-0.25, -0.2) is 4.79 Å². The van der Waals surface area contributed by atoms with E-state index in [2.05, 4.69) is 6.07 Å². The summed E-state index contributed by atoms with van der Waals surface area (Å²) < 4.78 is 28.2. The minimum absolute atomic E-state index is 0.0513. The number of methoxy groups -OCH3 is 1. The molecular weight excluding hydrogens is 721 g/mol. The molecule has 5 rings (SSSR count). The van der Waals surface area contributed by atoms with Crippen LogP contribution >= 0.6 is 69.6 Å². The van der Waals surface area contributed by atoms with Crippen LogP contribution in [-0.4, -0.2) is 19.7 Å². The number of nitrogens with two attached hydrogens (primary N) is 1. The van der Waals surface area contributed by atoms with Crippen molar-refractivity contribution in [2.45, 2.75) is 12.5 Å². The molecule has 1 atom stereocenters. The van der Waals surface area contributed by atoms with Gasteiger partial charge in [-0.15, -0.1) is 0 Å². The summed E-state index contributed by atoms with van der Waals surface area (Å²) in [6.45, 7) is -0.376. The van der Waals surface area contributed by atoms with Crippen LogP contribution in [0.5, 0.6) is 28.7 Å². The maximum Gasteiger partial charge on any atom is 0.349 e. The van der Waals surface area contributed by atoms with Gasteiger partial charge in [-0.1, -0.05) is 99.9 Å². The number of rotatable bonds is 9. The number of allylic oxidation sites excluding steroid dienone is 1. The summed E-state index contributed by atoms with van der Waals surface area (Å²) in [6.07, 6.45) is 0. The summed E-state index contributed by atoms with van der Waals surface area (Å²) in [7, 11) is 1.51. The number of esters is 1. The number of hydrogen-bond donors (Lipinski definition) is 1. The van der Waals surface area contributed by atoms with E-state index in [0.717, 1.165) is 5.56 Å². The Kier molecular flexibility index (Phi) is 10.5. The van der Waals surface area contributed by atoms with Crippen molar-refractivity contribution in [2.24, 2.45) is 5.73 Å². The Labute approximate surface area is 293 Å². The summed E-state index contributed by atoms with van der Waals surface area (Å²) in [6, 6.07) is 19.4. The van der Waals surface area contributed by atoms with Crippen LogP contribution in [0.25, 0.3) is 0 Å². The largest absolute Gasteiger partial charge is 0.493 e. The van der Waals surface area contributed by atoms with E-state index >= 15 is 0 Å². The first kappa shape index (κ1) is 33.7. The van der Waals surface area contributed by atoms with E-state index in [0.29, 0.717) is 27.6 Å². The van der Waals surface area contributed by atoms with Crippen LogP contribution in [0.2, 0.25) is 30.1 Å². The van der Waals surface area contributed by atoms with Gasteiger partial charge in [-0.05, 0) is 29.8 Å². The quantitative estimate of drug-likeness (QED) is 0.0782. The highest BCUT2D eigenvalue weighted by molar-refractivity contribution is 6.55. The van der Waals surface area contributed by atoms with Crippen LogP contribution < -0.4 is 29.4 Å². The molecule has 1 unspecified atom stereocenters. The Bertz CT molecular complexity index is 1900. The molecule has 1 aliphatic rings. The highest BCUT2D eigenvalue weighted by atomic mass is 35.5. The van der Waals surface area contributed by atoms with Crippen molar-refractivity contribution in [1.29, 1.82) is 5.26 Å². The molecule has 0 saturated heterocycles. The average molecular weight is 741 g/mol. The smallest absolute Gasteiger partial charge is 0.349 e. The highest BCUT2D eigenvalue weighted by Gasteiger charge is 2.32. The highest BCUT2D eigenvalue weighted by Crippen LogP contribution is 2.48. The average Bonchev–Trinajstić information content (AvgIpc) is 3.05. The Morgan fingerprint density at radius 3 is 2.26 bits per heavy atom. The molecule has 0 amide bonds. The van der Waals surface area contributed by atoms with E-state index in [4.69, 9.17) is 99.0 Å². The second-order valence-corrected chi connectivity index (χ2v) is 11.9. The minimum atomic E-state index is -0.806. The molecule has 2 N–H and O–H groups in total. The van der Waals surface area contributed by atoms with E-state index in [-0.39, 0.29) is 60.4 Å². The molecule has 0 bridgehead atoms. The van der Waals surface area contributed by atoms with Gasteiger partial charge in [0.05, 0.1) is 28.1 Å². The zero-order chi connectivity index (χ0) is 33.1. The summed E-state index contributed by atoms with van der Waals surface area (Å²) in [5.41, 5.74) is 8.44. The van der Waals surface area contributed by atoms with Crippen molar-refractivity contribution < 1.29 is 28.5 Å². The molecule has 0 aromatic heterocycles. The second kappa shape index (κ2) is 14.4. The first-order valence-corrected chi connectivity index (χ1v) is 15.4. The molecule has 4 aromatic carbocycles. The van der Waals surface area contributed by atoms with E-state index in [1.807, 2.05) is 18.2 Å². The van der Waals surface area contributed by atoms with Crippen molar-refractivity contribution in [1.82, 2.24) is 0 Å². The normalized spacial score (nSPS) is 13.7. The number of benzene rings is 4. The number of halogens is 6. The monoisotopic (exact) mass is 738 g/mol.